The first-order valence-corrected chi connectivity index (χ1v) is 8.83. The van der Waals surface area contributed by atoms with Gasteiger partial charge in [-0.1, -0.05) is 13.8 Å². The van der Waals surface area contributed by atoms with E-state index in [1.165, 1.54) is 12.1 Å². The van der Waals surface area contributed by atoms with E-state index in [-0.39, 0.29) is 10.8 Å². The highest BCUT2D eigenvalue weighted by Gasteiger charge is 2.14. The average molecular weight is 313 g/mol. The van der Waals surface area contributed by atoms with Crippen molar-refractivity contribution >= 4 is 15.7 Å². The molecule has 21 heavy (non-hydrogen) atoms. The minimum atomic E-state index is -3.22. The quantitative estimate of drug-likeness (QED) is 0.836. The van der Waals surface area contributed by atoms with E-state index < -0.39 is 15.9 Å². The number of amides is 1. The SMILES string of the molecule is CC(C)CCNC(=O)C(C)Oc1ccc(S(C)(=O)=O)cc1. The van der Waals surface area contributed by atoms with Crippen LogP contribution in [0.2, 0.25) is 0 Å². The van der Waals surface area contributed by atoms with Gasteiger partial charge in [0, 0.05) is 12.8 Å². The normalized spacial score (nSPS) is 13.0. The van der Waals surface area contributed by atoms with Crippen LogP contribution in [0.15, 0.2) is 29.2 Å². The molecule has 0 fully saturated rings. The van der Waals surface area contributed by atoms with Crippen LogP contribution in [0, 0.1) is 5.92 Å². The lowest BCUT2D eigenvalue weighted by atomic mass is 10.1. The van der Waals surface area contributed by atoms with E-state index in [1.807, 2.05) is 0 Å². The number of carbonyl (C=O) groups is 1. The first-order chi connectivity index (χ1) is 9.70. The number of benzene rings is 1. The molecule has 1 rings (SSSR count). The second-order valence-corrected chi connectivity index (χ2v) is 7.49. The van der Waals surface area contributed by atoms with Crippen molar-refractivity contribution in [2.24, 2.45) is 5.92 Å². The van der Waals surface area contributed by atoms with Crippen LogP contribution in [-0.2, 0) is 14.6 Å². The summed E-state index contributed by atoms with van der Waals surface area (Å²) < 4.78 is 28.2. The molecule has 1 atom stereocenters. The van der Waals surface area contributed by atoms with Crippen molar-refractivity contribution < 1.29 is 17.9 Å². The molecule has 0 aliphatic rings. The summed E-state index contributed by atoms with van der Waals surface area (Å²) in [5.74, 6) is 0.821. The van der Waals surface area contributed by atoms with Crippen molar-refractivity contribution in [3.8, 4) is 5.75 Å². The number of carbonyl (C=O) groups excluding carboxylic acids is 1. The Morgan fingerprint density at radius 2 is 1.76 bits per heavy atom. The van der Waals surface area contributed by atoms with Gasteiger partial charge in [0.1, 0.15) is 5.75 Å². The van der Waals surface area contributed by atoms with Gasteiger partial charge in [-0.15, -0.1) is 0 Å². The second-order valence-electron chi connectivity index (χ2n) is 5.48. The fourth-order valence-electron chi connectivity index (χ4n) is 1.65. The highest BCUT2D eigenvalue weighted by Crippen LogP contribution is 2.17. The van der Waals surface area contributed by atoms with Gasteiger partial charge in [-0.2, -0.15) is 0 Å². The van der Waals surface area contributed by atoms with E-state index in [2.05, 4.69) is 19.2 Å². The highest BCUT2D eigenvalue weighted by molar-refractivity contribution is 7.90. The van der Waals surface area contributed by atoms with Crippen molar-refractivity contribution in [3.05, 3.63) is 24.3 Å². The molecule has 0 aromatic heterocycles. The van der Waals surface area contributed by atoms with Gasteiger partial charge in [0.05, 0.1) is 4.90 Å². The molecule has 1 amide bonds. The maximum Gasteiger partial charge on any atom is 0.260 e. The Labute approximate surface area is 126 Å². The largest absolute Gasteiger partial charge is 0.481 e. The molecule has 5 nitrogen and oxygen atoms in total. The molecular formula is C15H23NO4S. The maximum atomic E-state index is 11.8. The van der Waals surface area contributed by atoms with Crippen molar-refractivity contribution in [3.63, 3.8) is 0 Å². The molecule has 0 saturated heterocycles. The Hall–Kier alpha value is -1.56. The Balaban J connectivity index is 2.54. The van der Waals surface area contributed by atoms with Gasteiger partial charge in [0.15, 0.2) is 15.9 Å². The van der Waals surface area contributed by atoms with Gasteiger partial charge in [0.25, 0.3) is 5.91 Å². The van der Waals surface area contributed by atoms with Crippen molar-refractivity contribution in [2.45, 2.75) is 38.2 Å². The molecule has 0 aliphatic heterocycles. The summed E-state index contributed by atoms with van der Waals surface area (Å²) in [5, 5.41) is 2.81. The molecule has 1 N–H and O–H groups in total. The Kier molecular flexibility index (Phi) is 6.20. The molecule has 1 unspecified atom stereocenters. The first kappa shape index (κ1) is 17.5. The molecule has 0 saturated carbocycles. The van der Waals surface area contributed by atoms with E-state index in [0.717, 1.165) is 12.7 Å². The van der Waals surface area contributed by atoms with Crippen LogP contribution in [0.4, 0.5) is 0 Å². The predicted octanol–water partition coefficient (Wildman–Crippen LogP) is 2.02. The third kappa shape index (κ3) is 6.16. The van der Waals surface area contributed by atoms with Gasteiger partial charge in [-0.25, -0.2) is 8.42 Å². The summed E-state index contributed by atoms with van der Waals surface area (Å²) in [7, 11) is -3.22. The molecule has 0 bridgehead atoms. The standard InChI is InChI=1S/C15H23NO4S/c1-11(2)9-10-16-15(17)12(3)20-13-5-7-14(8-6-13)21(4,18)19/h5-8,11-12H,9-10H2,1-4H3,(H,16,17). The zero-order chi connectivity index (χ0) is 16.0. The molecule has 1 aromatic carbocycles. The zero-order valence-electron chi connectivity index (χ0n) is 12.9. The maximum absolute atomic E-state index is 11.8. The van der Waals surface area contributed by atoms with Crippen molar-refractivity contribution in [1.82, 2.24) is 5.32 Å². The monoisotopic (exact) mass is 313 g/mol. The number of sulfone groups is 1. The molecule has 0 aliphatic carbocycles. The highest BCUT2D eigenvalue weighted by atomic mass is 32.2. The zero-order valence-corrected chi connectivity index (χ0v) is 13.7. The fourth-order valence-corrected chi connectivity index (χ4v) is 2.28. The van der Waals surface area contributed by atoms with Crippen molar-refractivity contribution in [2.75, 3.05) is 12.8 Å². The molecule has 118 valence electrons. The number of ether oxygens (including phenoxy) is 1. The van der Waals surface area contributed by atoms with Crippen molar-refractivity contribution in [1.29, 1.82) is 0 Å². The van der Waals surface area contributed by atoms with Gasteiger partial charge in [-0.3, -0.25) is 4.79 Å². The van der Waals surface area contributed by atoms with Crippen LogP contribution >= 0.6 is 0 Å². The average Bonchev–Trinajstić information content (AvgIpc) is 2.37. The second kappa shape index (κ2) is 7.45. The lowest BCUT2D eigenvalue weighted by Gasteiger charge is -2.15. The van der Waals surface area contributed by atoms with Gasteiger partial charge in [-0.05, 0) is 43.5 Å². The summed E-state index contributed by atoms with van der Waals surface area (Å²) in [6, 6.07) is 6.03. The summed E-state index contributed by atoms with van der Waals surface area (Å²) in [6.45, 7) is 6.47. The third-order valence-corrected chi connectivity index (χ3v) is 4.08. The lowest BCUT2D eigenvalue weighted by molar-refractivity contribution is -0.127. The van der Waals surface area contributed by atoms with Gasteiger partial charge >= 0.3 is 0 Å². The Morgan fingerprint density at radius 3 is 2.24 bits per heavy atom. The third-order valence-electron chi connectivity index (χ3n) is 2.95. The first-order valence-electron chi connectivity index (χ1n) is 6.94. The summed E-state index contributed by atoms with van der Waals surface area (Å²) in [4.78, 5) is 12.0. The van der Waals surface area contributed by atoms with Crippen LogP contribution in [0.3, 0.4) is 0 Å². The molecular weight excluding hydrogens is 290 g/mol. The van der Waals surface area contributed by atoms with E-state index in [0.29, 0.717) is 18.2 Å². The number of rotatable bonds is 7. The number of hydrogen-bond donors (Lipinski definition) is 1. The van der Waals surface area contributed by atoms with E-state index >= 15 is 0 Å². The molecule has 6 heteroatoms. The van der Waals surface area contributed by atoms with Gasteiger partial charge < -0.3 is 10.1 Å². The summed E-state index contributed by atoms with van der Waals surface area (Å²) in [5.41, 5.74) is 0. The number of nitrogens with one attached hydrogen (secondary N) is 1. The van der Waals surface area contributed by atoms with Crippen LogP contribution < -0.4 is 10.1 Å². The lowest BCUT2D eigenvalue weighted by Crippen LogP contribution is -2.37. The Morgan fingerprint density at radius 1 is 1.19 bits per heavy atom. The molecule has 0 heterocycles. The summed E-state index contributed by atoms with van der Waals surface area (Å²) in [6.07, 6.45) is 1.44. The molecule has 1 aromatic rings. The molecule has 0 radical (unpaired) electrons. The Bertz CT molecular complexity index is 564. The van der Waals surface area contributed by atoms with E-state index in [9.17, 15) is 13.2 Å². The van der Waals surface area contributed by atoms with E-state index in [1.54, 1.807) is 19.1 Å². The predicted molar refractivity (Wildman–Crippen MR) is 82.1 cm³/mol. The smallest absolute Gasteiger partial charge is 0.260 e. The number of hydrogen-bond acceptors (Lipinski definition) is 4. The minimum absolute atomic E-state index is 0.178. The van der Waals surface area contributed by atoms with Crippen LogP contribution in [-0.4, -0.2) is 33.2 Å². The van der Waals surface area contributed by atoms with Crippen LogP contribution in [0.1, 0.15) is 27.2 Å². The topological polar surface area (TPSA) is 72.5 Å². The minimum Gasteiger partial charge on any atom is -0.481 e. The van der Waals surface area contributed by atoms with Crippen LogP contribution in [0.25, 0.3) is 0 Å². The van der Waals surface area contributed by atoms with Crippen LogP contribution in [0.5, 0.6) is 5.75 Å². The van der Waals surface area contributed by atoms with E-state index in [4.69, 9.17) is 4.74 Å². The van der Waals surface area contributed by atoms with Gasteiger partial charge in [0.2, 0.25) is 0 Å². The fraction of sp³-hybridized carbons (Fsp3) is 0.533. The summed E-state index contributed by atoms with van der Waals surface area (Å²) >= 11 is 0. The molecule has 0 spiro atoms.